The van der Waals surface area contributed by atoms with E-state index in [9.17, 15) is 23.2 Å². The second-order valence-corrected chi connectivity index (χ2v) is 6.87. The van der Waals surface area contributed by atoms with Crippen LogP contribution in [0.3, 0.4) is 0 Å². The number of hydrogen-bond donors (Lipinski definition) is 1. The van der Waals surface area contributed by atoms with E-state index in [4.69, 9.17) is 10.00 Å². The van der Waals surface area contributed by atoms with Crippen molar-refractivity contribution in [2.75, 3.05) is 6.61 Å². The van der Waals surface area contributed by atoms with Crippen molar-refractivity contribution in [1.82, 2.24) is 5.32 Å². The van der Waals surface area contributed by atoms with Crippen LogP contribution in [0.5, 0.6) is 11.5 Å². The number of carbonyl (C=O) groups excluding carboxylic acids is 1. The summed E-state index contributed by atoms with van der Waals surface area (Å²) in [6, 6.07) is 12.8. The van der Waals surface area contributed by atoms with Crippen LogP contribution in [0.2, 0.25) is 0 Å². The van der Waals surface area contributed by atoms with E-state index in [2.05, 4.69) is 26.0 Å². The average molecular weight is 468 g/mol. The van der Waals surface area contributed by atoms with E-state index in [0.29, 0.717) is 15.8 Å². The molecule has 0 aromatic heterocycles. The Morgan fingerprint density at radius 3 is 2.38 bits per heavy atom. The molecule has 0 saturated heterocycles. The Labute approximate surface area is 172 Å². The number of alkyl halides is 3. The van der Waals surface area contributed by atoms with Gasteiger partial charge in [0.15, 0.2) is 5.54 Å². The third kappa shape index (κ3) is 6.40. The third-order valence-corrected chi connectivity index (χ3v) is 4.22. The second-order valence-electron chi connectivity index (χ2n) is 6.02. The lowest BCUT2D eigenvalue weighted by Crippen LogP contribution is -2.49. The summed E-state index contributed by atoms with van der Waals surface area (Å²) in [7, 11) is 0. The van der Waals surface area contributed by atoms with Crippen LogP contribution >= 0.6 is 15.9 Å². The predicted molar refractivity (Wildman–Crippen MR) is 99.0 cm³/mol. The first-order valence-electron chi connectivity index (χ1n) is 7.97. The van der Waals surface area contributed by atoms with Gasteiger partial charge in [0.25, 0.3) is 5.91 Å². The number of nitriles is 2. The van der Waals surface area contributed by atoms with E-state index in [1.165, 1.54) is 13.0 Å². The van der Waals surface area contributed by atoms with E-state index in [0.717, 1.165) is 24.3 Å². The van der Waals surface area contributed by atoms with Crippen LogP contribution in [-0.2, 0) is 0 Å². The van der Waals surface area contributed by atoms with E-state index in [1.807, 2.05) is 12.1 Å². The highest BCUT2D eigenvalue weighted by molar-refractivity contribution is 9.10. The lowest BCUT2D eigenvalue weighted by molar-refractivity contribution is -0.274. The fourth-order valence-electron chi connectivity index (χ4n) is 2.13. The first kappa shape index (κ1) is 22.1. The Morgan fingerprint density at radius 1 is 1.17 bits per heavy atom. The number of hydrogen-bond acceptors (Lipinski definition) is 5. The highest BCUT2D eigenvalue weighted by Gasteiger charge is 2.31. The third-order valence-electron chi connectivity index (χ3n) is 3.56. The second kappa shape index (κ2) is 8.84. The van der Waals surface area contributed by atoms with Crippen molar-refractivity contribution < 1.29 is 27.4 Å². The molecule has 0 radical (unpaired) electrons. The predicted octanol–water partition coefficient (Wildman–Crippen LogP) is 4.31. The fourth-order valence-corrected chi connectivity index (χ4v) is 2.49. The molecule has 0 heterocycles. The summed E-state index contributed by atoms with van der Waals surface area (Å²) in [5.41, 5.74) is -1.05. The molecule has 1 unspecified atom stereocenters. The van der Waals surface area contributed by atoms with Crippen molar-refractivity contribution >= 4 is 21.8 Å². The first-order valence-corrected chi connectivity index (χ1v) is 8.76. The lowest BCUT2D eigenvalue weighted by atomic mass is 10.0. The van der Waals surface area contributed by atoms with E-state index >= 15 is 0 Å². The summed E-state index contributed by atoms with van der Waals surface area (Å²) >= 11 is 3.27. The summed E-state index contributed by atoms with van der Waals surface area (Å²) < 4.78 is 46.5. The molecule has 2 aromatic rings. The van der Waals surface area contributed by atoms with Gasteiger partial charge in [-0.3, -0.25) is 4.79 Å². The molecule has 0 spiro atoms. The normalized spacial score (nSPS) is 12.8. The molecule has 1 N–H and O–H groups in total. The number of nitrogens with zero attached hydrogens (tertiary/aromatic N) is 2. The van der Waals surface area contributed by atoms with Crippen molar-refractivity contribution in [2.45, 2.75) is 18.8 Å². The van der Waals surface area contributed by atoms with Gasteiger partial charge in [-0.25, -0.2) is 0 Å². The van der Waals surface area contributed by atoms with Crippen molar-refractivity contribution in [3.8, 4) is 23.6 Å². The Balaban J connectivity index is 2.07. The number of nitrogens with one attached hydrogen (secondary N) is 1. The lowest BCUT2D eigenvalue weighted by Gasteiger charge is -2.24. The van der Waals surface area contributed by atoms with Gasteiger partial charge < -0.3 is 14.8 Å². The topological polar surface area (TPSA) is 95.1 Å². The minimum Gasteiger partial charge on any atom is -0.489 e. The number of benzene rings is 2. The molecule has 6 nitrogen and oxygen atoms in total. The molecule has 0 saturated carbocycles. The van der Waals surface area contributed by atoms with Gasteiger partial charge in [0.2, 0.25) is 0 Å². The van der Waals surface area contributed by atoms with E-state index < -0.39 is 23.6 Å². The molecule has 29 heavy (non-hydrogen) atoms. The van der Waals surface area contributed by atoms with Crippen LogP contribution < -0.4 is 14.8 Å². The van der Waals surface area contributed by atoms with Crippen molar-refractivity contribution in [2.24, 2.45) is 0 Å². The summed E-state index contributed by atoms with van der Waals surface area (Å²) in [5.74, 6) is -0.836. The number of carbonyl (C=O) groups is 1. The van der Waals surface area contributed by atoms with Crippen LogP contribution in [0.25, 0.3) is 0 Å². The monoisotopic (exact) mass is 467 g/mol. The maximum absolute atomic E-state index is 12.4. The summed E-state index contributed by atoms with van der Waals surface area (Å²) in [4.78, 5) is 12.4. The zero-order chi connectivity index (χ0) is 21.7. The summed E-state index contributed by atoms with van der Waals surface area (Å²) in [5, 5.41) is 20.9. The Hall–Kier alpha value is -3.24. The van der Waals surface area contributed by atoms with Gasteiger partial charge in [0, 0.05) is 5.56 Å². The van der Waals surface area contributed by atoms with Crippen LogP contribution in [0, 0.1) is 22.7 Å². The highest BCUT2D eigenvalue weighted by Crippen LogP contribution is 2.27. The number of ether oxygens (including phenoxy) is 2. The van der Waals surface area contributed by atoms with Crippen LogP contribution in [0.15, 0.2) is 46.9 Å². The molecular weight excluding hydrogens is 455 g/mol. The molecule has 1 atom stereocenters. The Bertz CT molecular complexity index is 981. The SMILES string of the molecule is CC(C#N)(COc1cc(C#N)ccc1Br)NC(=O)c1ccc(OC(F)(F)F)cc1. The summed E-state index contributed by atoms with van der Waals surface area (Å²) in [6.07, 6.45) is -4.84. The van der Waals surface area contributed by atoms with Gasteiger partial charge in [-0.1, -0.05) is 0 Å². The van der Waals surface area contributed by atoms with Crippen LogP contribution in [0.1, 0.15) is 22.8 Å². The van der Waals surface area contributed by atoms with Crippen molar-refractivity contribution in [3.05, 3.63) is 58.1 Å². The largest absolute Gasteiger partial charge is 0.573 e. The smallest absolute Gasteiger partial charge is 0.489 e. The molecule has 1 amide bonds. The van der Waals surface area contributed by atoms with Gasteiger partial charge in [0.1, 0.15) is 18.1 Å². The van der Waals surface area contributed by atoms with Gasteiger partial charge >= 0.3 is 6.36 Å². The first-order chi connectivity index (χ1) is 13.5. The minimum atomic E-state index is -4.84. The highest BCUT2D eigenvalue weighted by atomic mass is 79.9. The quantitative estimate of drug-likeness (QED) is 0.682. The molecule has 2 aromatic carbocycles. The zero-order valence-corrected chi connectivity index (χ0v) is 16.5. The minimum absolute atomic E-state index is 0.0358. The molecule has 10 heteroatoms. The maximum atomic E-state index is 12.4. The van der Waals surface area contributed by atoms with Crippen molar-refractivity contribution in [1.29, 1.82) is 10.5 Å². The number of rotatable bonds is 6. The Kier molecular flexibility index (Phi) is 6.72. The van der Waals surface area contributed by atoms with Crippen LogP contribution in [-0.4, -0.2) is 24.4 Å². The molecule has 0 bridgehead atoms. The van der Waals surface area contributed by atoms with E-state index in [-0.39, 0.29) is 12.2 Å². The van der Waals surface area contributed by atoms with Crippen molar-refractivity contribution in [3.63, 3.8) is 0 Å². The molecule has 0 aliphatic rings. The molecule has 2 rings (SSSR count). The van der Waals surface area contributed by atoms with Gasteiger partial charge in [-0.05, 0) is 65.3 Å². The number of halogens is 4. The average Bonchev–Trinajstić information content (AvgIpc) is 2.66. The Morgan fingerprint density at radius 2 is 1.83 bits per heavy atom. The molecule has 0 aliphatic carbocycles. The van der Waals surface area contributed by atoms with Gasteiger partial charge in [0.05, 0.1) is 22.2 Å². The van der Waals surface area contributed by atoms with Gasteiger partial charge in [-0.2, -0.15) is 10.5 Å². The maximum Gasteiger partial charge on any atom is 0.573 e. The van der Waals surface area contributed by atoms with Crippen LogP contribution in [0.4, 0.5) is 13.2 Å². The fraction of sp³-hybridized carbons (Fsp3) is 0.211. The van der Waals surface area contributed by atoms with E-state index in [1.54, 1.807) is 12.1 Å². The molecule has 150 valence electrons. The number of amides is 1. The molecule has 0 aliphatic heterocycles. The standard InChI is InChI=1S/C19H13BrF3N3O3/c1-18(10-25,11-28-16-8-12(9-24)2-7-15(16)20)26-17(27)13-3-5-14(6-4-13)29-19(21,22)23/h2-8H,11H2,1H3,(H,26,27). The summed E-state index contributed by atoms with van der Waals surface area (Å²) in [6.45, 7) is 1.19. The zero-order valence-electron chi connectivity index (χ0n) is 14.9. The molecule has 0 fully saturated rings. The molecular formula is C19H13BrF3N3O3. The van der Waals surface area contributed by atoms with Gasteiger partial charge in [-0.15, -0.1) is 13.2 Å².